The Morgan fingerprint density at radius 1 is 0.364 bits per heavy atom. The molecule has 0 unspecified atom stereocenters. The number of fused-ring (bicyclic) bond motifs is 6. The maximum absolute atomic E-state index is 6.69. The second-order valence-electron chi connectivity index (χ2n) is 11.1. The fourth-order valence-corrected chi connectivity index (χ4v) is 6.46. The van der Waals surface area contributed by atoms with E-state index in [0.717, 1.165) is 88.6 Å². The molecule has 3 heterocycles. The summed E-state index contributed by atoms with van der Waals surface area (Å²) in [6.07, 6.45) is 0. The van der Waals surface area contributed by atoms with Gasteiger partial charge < -0.3 is 8.83 Å². The summed E-state index contributed by atoms with van der Waals surface area (Å²) in [6, 6.07) is 52.4. The van der Waals surface area contributed by atoms with Gasteiger partial charge in [-0.25, -0.2) is 4.98 Å². The molecule has 9 rings (SSSR count). The summed E-state index contributed by atoms with van der Waals surface area (Å²) in [4.78, 5) is 5.19. The van der Waals surface area contributed by atoms with Crippen molar-refractivity contribution in [3.05, 3.63) is 152 Å². The molecule has 0 aliphatic rings. The SMILES string of the molecule is c1ccc(-c2cc(-c3ccccc3)nc(-c3cccc4c3oc3cccc(-c5cccc6c5oc5ccccc56)c34)c2)cc1. The van der Waals surface area contributed by atoms with Crippen LogP contribution in [0.1, 0.15) is 0 Å². The van der Waals surface area contributed by atoms with Crippen LogP contribution >= 0.6 is 0 Å². The molecule has 0 fully saturated rings. The van der Waals surface area contributed by atoms with E-state index in [1.54, 1.807) is 0 Å². The molecule has 0 saturated heterocycles. The minimum absolute atomic E-state index is 0.823. The minimum atomic E-state index is 0.823. The lowest BCUT2D eigenvalue weighted by Crippen LogP contribution is -1.91. The van der Waals surface area contributed by atoms with Crippen molar-refractivity contribution in [2.24, 2.45) is 0 Å². The van der Waals surface area contributed by atoms with E-state index in [2.05, 4.69) is 121 Å². The van der Waals surface area contributed by atoms with E-state index in [1.165, 1.54) is 0 Å². The molecule has 44 heavy (non-hydrogen) atoms. The maximum Gasteiger partial charge on any atom is 0.144 e. The zero-order chi connectivity index (χ0) is 29.0. The van der Waals surface area contributed by atoms with Gasteiger partial charge in [0.05, 0.1) is 11.4 Å². The molecule has 0 N–H and O–H groups in total. The smallest absolute Gasteiger partial charge is 0.144 e. The van der Waals surface area contributed by atoms with Gasteiger partial charge in [-0.05, 0) is 47.0 Å². The highest BCUT2D eigenvalue weighted by molar-refractivity contribution is 6.18. The monoisotopic (exact) mass is 563 g/mol. The average molecular weight is 564 g/mol. The highest BCUT2D eigenvalue weighted by Gasteiger charge is 2.20. The molecule has 0 radical (unpaired) electrons. The van der Waals surface area contributed by atoms with E-state index in [4.69, 9.17) is 13.8 Å². The summed E-state index contributed by atoms with van der Waals surface area (Å²) in [5, 5.41) is 4.35. The second-order valence-corrected chi connectivity index (χ2v) is 11.1. The van der Waals surface area contributed by atoms with Crippen LogP contribution in [-0.2, 0) is 0 Å². The molecule has 206 valence electrons. The highest BCUT2D eigenvalue weighted by Crippen LogP contribution is 2.44. The molecule has 6 aromatic carbocycles. The predicted molar refractivity (Wildman–Crippen MR) is 181 cm³/mol. The van der Waals surface area contributed by atoms with Gasteiger partial charge in [-0.15, -0.1) is 0 Å². The first-order valence-corrected chi connectivity index (χ1v) is 14.8. The van der Waals surface area contributed by atoms with Gasteiger partial charge >= 0.3 is 0 Å². The van der Waals surface area contributed by atoms with Gasteiger partial charge in [0.2, 0.25) is 0 Å². The van der Waals surface area contributed by atoms with Crippen molar-refractivity contribution < 1.29 is 8.83 Å². The van der Waals surface area contributed by atoms with E-state index in [9.17, 15) is 0 Å². The lowest BCUT2D eigenvalue weighted by Gasteiger charge is -2.11. The van der Waals surface area contributed by atoms with Crippen LogP contribution in [0.5, 0.6) is 0 Å². The zero-order valence-electron chi connectivity index (χ0n) is 23.7. The van der Waals surface area contributed by atoms with Crippen LogP contribution in [-0.4, -0.2) is 4.98 Å². The first-order chi connectivity index (χ1) is 21.8. The van der Waals surface area contributed by atoms with Gasteiger partial charge in [-0.1, -0.05) is 121 Å². The number of hydrogen-bond acceptors (Lipinski definition) is 3. The average Bonchev–Trinajstić information content (AvgIpc) is 3.68. The van der Waals surface area contributed by atoms with Crippen LogP contribution in [0.15, 0.2) is 160 Å². The second kappa shape index (κ2) is 9.82. The third-order valence-electron chi connectivity index (χ3n) is 8.50. The normalized spacial score (nSPS) is 11.6. The fourth-order valence-electron chi connectivity index (χ4n) is 6.46. The Balaban J connectivity index is 1.29. The van der Waals surface area contributed by atoms with Gasteiger partial charge in [0.25, 0.3) is 0 Å². The number of nitrogens with zero attached hydrogens (tertiary/aromatic N) is 1. The van der Waals surface area contributed by atoms with Crippen LogP contribution in [0.4, 0.5) is 0 Å². The number of furan rings is 2. The largest absolute Gasteiger partial charge is 0.455 e. The molecule has 3 nitrogen and oxygen atoms in total. The molecule has 0 aliphatic carbocycles. The topological polar surface area (TPSA) is 39.2 Å². The summed E-state index contributed by atoms with van der Waals surface area (Å²) in [5.41, 5.74) is 11.6. The van der Waals surface area contributed by atoms with E-state index in [1.807, 2.05) is 30.3 Å². The third kappa shape index (κ3) is 3.87. The highest BCUT2D eigenvalue weighted by atomic mass is 16.3. The van der Waals surface area contributed by atoms with Crippen molar-refractivity contribution in [2.75, 3.05) is 0 Å². The summed E-state index contributed by atoms with van der Waals surface area (Å²) in [6.45, 7) is 0. The van der Waals surface area contributed by atoms with Crippen molar-refractivity contribution >= 4 is 43.9 Å². The first-order valence-electron chi connectivity index (χ1n) is 14.8. The van der Waals surface area contributed by atoms with Gasteiger partial charge in [-0.2, -0.15) is 0 Å². The number of para-hydroxylation sites is 3. The number of hydrogen-bond donors (Lipinski definition) is 0. The fraction of sp³-hybridized carbons (Fsp3) is 0. The van der Waals surface area contributed by atoms with Gasteiger partial charge in [0, 0.05) is 38.2 Å². The van der Waals surface area contributed by atoms with Crippen molar-refractivity contribution in [1.82, 2.24) is 4.98 Å². The van der Waals surface area contributed by atoms with Gasteiger partial charge in [-0.3, -0.25) is 0 Å². The molecule has 0 bridgehead atoms. The summed E-state index contributed by atoms with van der Waals surface area (Å²) in [7, 11) is 0. The van der Waals surface area contributed by atoms with E-state index >= 15 is 0 Å². The van der Waals surface area contributed by atoms with Gasteiger partial charge in [0.1, 0.15) is 22.3 Å². The van der Waals surface area contributed by atoms with E-state index < -0.39 is 0 Å². The van der Waals surface area contributed by atoms with Crippen LogP contribution in [0.2, 0.25) is 0 Å². The Bertz CT molecular complexity index is 2430. The molecule has 3 aromatic heterocycles. The summed E-state index contributed by atoms with van der Waals surface area (Å²) < 4.78 is 13.1. The number of aromatic nitrogens is 1. The zero-order valence-corrected chi connectivity index (χ0v) is 23.7. The maximum atomic E-state index is 6.69. The number of pyridine rings is 1. The lowest BCUT2D eigenvalue weighted by atomic mass is 9.96. The third-order valence-corrected chi connectivity index (χ3v) is 8.50. The van der Waals surface area contributed by atoms with E-state index in [-0.39, 0.29) is 0 Å². The van der Waals surface area contributed by atoms with Crippen LogP contribution in [0.3, 0.4) is 0 Å². The first kappa shape index (κ1) is 24.6. The molecule has 9 aromatic rings. The standard InChI is InChI=1S/C41H25NO2/c1-3-12-26(13-4-1)28-24-35(27-14-5-2-6-15-27)42-36(25-28)33-20-10-21-34-39-30(17-11-23-38(39)44-41(33)34)32-19-9-18-31-29-16-7-8-22-37(29)43-40(31)32/h1-25H. The lowest BCUT2D eigenvalue weighted by molar-refractivity contribution is 0.669. The number of rotatable bonds is 4. The molecule has 0 saturated carbocycles. The Kier molecular flexibility index (Phi) is 5.50. The minimum Gasteiger partial charge on any atom is -0.455 e. The molecular formula is C41H25NO2. The Morgan fingerprint density at radius 3 is 1.77 bits per heavy atom. The van der Waals surface area contributed by atoms with Crippen molar-refractivity contribution in [3.8, 4) is 44.8 Å². The summed E-state index contributed by atoms with van der Waals surface area (Å²) in [5.74, 6) is 0. The predicted octanol–water partition coefficient (Wildman–Crippen LogP) is 11.5. The van der Waals surface area contributed by atoms with Crippen molar-refractivity contribution in [3.63, 3.8) is 0 Å². The van der Waals surface area contributed by atoms with Gasteiger partial charge in [0.15, 0.2) is 0 Å². The van der Waals surface area contributed by atoms with Crippen LogP contribution in [0, 0.1) is 0 Å². The van der Waals surface area contributed by atoms with Crippen LogP contribution in [0.25, 0.3) is 88.6 Å². The quantitative estimate of drug-likeness (QED) is 0.214. The van der Waals surface area contributed by atoms with E-state index in [0.29, 0.717) is 0 Å². The Morgan fingerprint density at radius 2 is 0.932 bits per heavy atom. The summed E-state index contributed by atoms with van der Waals surface area (Å²) >= 11 is 0. The molecule has 0 spiro atoms. The Hall–Kier alpha value is -5.93. The molecule has 0 atom stereocenters. The Labute approximate surface area is 253 Å². The van der Waals surface area contributed by atoms with Crippen molar-refractivity contribution in [2.45, 2.75) is 0 Å². The number of benzene rings is 6. The molecular weight excluding hydrogens is 538 g/mol. The molecule has 0 amide bonds. The van der Waals surface area contributed by atoms with Crippen molar-refractivity contribution in [1.29, 1.82) is 0 Å². The molecule has 3 heteroatoms. The van der Waals surface area contributed by atoms with Crippen LogP contribution < -0.4 is 0 Å². The molecule has 0 aliphatic heterocycles.